The summed E-state index contributed by atoms with van der Waals surface area (Å²) in [5.41, 5.74) is 0. The lowest BCUT2D eigenvalue weighted by Crippen LogP contribution is -2.09. The standard InChI is InChI=1S/C8H18O/c1-4-7(3)6-8(9)5-2/h7-9H,4-6H2,1-3H3/t7?,8-/m0/s1. The van der Waals surface area contributed by atoms with Crippen LogP contribution in [0.2, 0.25) is 0 Å². The van der Waals surface area contributed by atoms with Gasteiger partial charge in [-0.3, -0.25) is 0 Å². The van der Waals surface area contributed by atoms with Crippen LogP contribution in [0.3, 0.4) is 0 Å². The first-order valence-electron chi connectivity index (χ1n) is 3.88. The maximum absolute atomic E-state index is 9.16. The van der Waals surface area contributed by atoms with Crippen LogP contribution in [-0.2, 0) is 0 Å². The molecular weight excluding hydrogens is 112 g/mol. The van der Waals surface area contributed by atoms with Gasteiger partial charge in [0.15, 0.2) is 0 Å². The van der Waals surface area contributed by atoms with Crippen molar-refractivity contribution < 1.29 is 5.11 Å². The first kappa shape index (κ1) is 8.96. The van der Waals surface area contributed by atoms with Crippen LogP contribution in [0.15, 0.2) is 0 Å². The van der Waals surface area contributed by atoms with E-state index in [1.165, 1.54) is 6.42 Å². The zero-order valence-corrected chi connectivity index (χ0v) is 6.72. The summed E-state index contributed by atoms with van der Waals surface area (Å²) in [6, 6.07) is 0. The van der Waals surface area contributed by atoms with Gasteiger partial charge < -0.3 is 5.11 Å². The molecule has 0 fully saturated rings. The summed E-state index contributed by atoms with van der Waals surface area (Å²) in [5.74, 6) is 0.681. The second-order valence-electron chi connectivity index (χ2n) is 2.81. The van der Waals surface area contributed by atoms with Gasteiger partial charge in [0.25, 0.3) is 0 Å². The third-order valence-electron chi connectivity index (χ3n) is 1.84. The van der Waals surface area contributed by atoms with Gasteiger partial charge in [-0.25, -0.2) is 0 Å². The molecule has 0 amide bonds. The van der Waals surface area contributed by atoms with Crippen molar-refractivity contribution in [1.29, 1.82) is 0 Å². The Morgan fingerprint density at radius 3 is 2.11 bits per heavy atom. The summed E-state index contributed by atoms with van der Waals surface area (Å²) in [6.45, 7) is 6.36. The van der Waals surface area contributed by atoms with Gasteiger partial charge >= 0.3 is 0 Å². The molecule has 0 aliphatic heterocycles. The lowest BCUT2D eigenvalue weighted by molar-refractivity contribution is 0.140. The van der Waals surface area contributed by atoms with Crippen molar-refractivity contribution >= 4 is 0 Å². The van der Waals surface area contributed by atoms with Crippen LogP contribution < -0.4 is 0 Å². The van der Waals surface area contributed by atoms with E-state index in [1.54, 1.807) is 0 Å². The van der Waals surface area contributed by atoms with E-state index in [2.05, 4.69) is 13.8 Å². The molecule has 1 heteroatoms. The molecule has 56 valence electrons. The zero-order valence-electron chi connectivity index (χ0n) is 6.72. The van der Waals surface area contributed by atoms with Crippen LogP contribution in [0.25, 0.3) is 0 Å². The van der Waals surface area contributed by atoms with Crippen molar-refractivity contribution in [2.45, 2.75) is 46.1 Å². The maximum atomic E-state index is 9.16. The van der Waals surface area contributed by atoms with Crippen LogP contribution in [0.4, 0.5) is 0 Å². The summed E-state index contributed by atoms with van der Waals surface area (Å²) < 4.78 is 0. The SMILES string of the molecule is CCC(C)C[C@@H](O)CC. The topological polar surface area (TPSA) is 20.2 Å². The fourth-order valence-electron chi connectivity index (χ4n) is 0.798. The van der Waals surface area contributed by atoms with Crippen molar-refractivity contribution in [2.24, 2.45) is 5.92 Å². The first-order chi connectivity index (χ1) is 4.20. The summed E-state index contributed by atoms with van der Waals surface area (Å²) >= 11 is 0. The third kappa shape index (κ3) is 4.46. The van der Waals surface area contributed by atoms with Crippen molar-refractivity contribution in [2.75, 3.05) is 0 Å². The zero-order chi connectivity index (χ0) is 7.28. The first-order valence-corrected chi connectivity index (χ1v) is 3.88. The van der Waals surface area contributed by atoms with E-state index in [0.717, 1.165) is 12.8 Å². The highest BCUT2D eigenvalue weighted by Gasteiger charge is 2.04. The van der Waals surface area contributed by atoms with Gasteiger partial charge in [-0.2, -0.15) is 0 Å². The Labute approximate surface area is 58.1 Å². The molecule has 0 saturated heterocycles. The smallest absolute Gasteiger partial charge is 0.0540 e. The Hall–Kier alpha value is -0.0400. The average Bonchev–Trinajstić information content (AvgIpc) is 1.87. The molecule has 2 atom stereocenters. The van der Waals surface area contributed by atoms with Crippen LogP contribution in [0.1, 0.15) is 40.0 Å². The molecule has 1 unspecified atom stereocenters. The number of aliphatic hydroxyl groups excluding tert-OH is 1. The number of rotatable bonds is 4. The molecule has 0 aromatic carbocycles. The predicted octanol–water partition coefficient (Wildman–Crippen LogP) is 2.19. The Kier molecular flexibility index (Phi) is 4.78. The second kappa shape index (κ2) is 4.80. The van der Waals surface area contributed by atoms with Gasteiger partial charge in [0.05, 0.1) is 6.10 Å². The summed E-state index contributed by atoms with van der Waals surface area (Å²) in [4.78, 5) is 0. The highest BCUT2D eigenvalue weighted by molar-refractivity contribution is 4.57. The largest absolute Gasteiger partial charge is 0.393 e. The van der Waals surface area contributed by atoms with E-state index in [9.17, 15) is 0 Å². The van der Waals surface area contributed by atoms with E-state index >= 15 is 0 Å². The summed E-state index contributed by atoms with van der Waals surface area (Å²) in [7, 11) is 0. The van der Waals surface area contributed by atoms with Gasteiger partial charge in [-0.1, -0.05) is 27.2 Å². The number of hydrogen-bond donors (Lipinski definition) is 1. The van der Waals surface area contributed by atoms with Crippen molar-refractivity contribution in [3.63, 3.8) is 0 Å². The Morgan fingerprint density at radius 2 is 1.78 bits per heavy atom. The second-order valence-corrected chi connectivity index (χ2v) is 2.81. The highest BCUT2D eigenvalue weighted by atomic mass is 16.3. The van der Waals surface area contributed by atoms with Gasteiger partial charge in [-0.15, -0.1) is 0 Å². The van der Waals surface area contributed by atoms with Crippen LogP contribution in [0, 0.1) is 5.92 Å². The van der Waals surface area contributed by atoms with Gasteiger partial charge in [0.2, 0.25) is 0 Å². The lowest BCUT2D eigenvalue weighted by atomic mass is 10.00. The van der Waals surface area contributed by atoms with Crippen molar-refractivity contribution in [1.82, 2.24) is 0 Å². The fraction of sp³-hybridized carbons (Fsp3) is 1.00. The predicted molar refractivity (Wildman–Crippen MR) is 40.4 cm³/mol. The minimum atomic E-state index is -0.0695. The highest BCUT2D eigenvalue weighted by Crippen LogP contribution is 2.10. The molecule has 0 rings (SSSR count). The van der Waals surface area contributed by atoms with E-state index in [-0.39, 0.29) is 6.10 Å². The minimum absolute atomic E-state index is 0.0695. The van der Waals surface area contributed by atoms with E-state index in [4.69, 9.17) is 5.11 Å². The molecule has 0 aromatic rings. The molecule has 0 heterocycles. The van der Waals surface area contributed by atoms with Gasteiger partial charge in [0, 0.05) is 0 Å². The molecular formula is C8H18O. The maximum Gasteiger partial charge on any atom is 0.0540 e. The molecule has 1 N–H and O–H groups in total. The molecule has 0 aliphatic rings. The molecule has 9 heavy (non-hydrogen) atoms. The molecule has 0 bridgehead atoms. The molecule has 0 spiro atoms. The lowest BCUT2D eigenvalue weighted by Gasteiger charge is -2.11. The van der Waals surface area contributed by atoms with Crippen LogP contribution >= 0.6 is 0 Å². The monoisotopic (exact) mass is 130 g/mol. The van der Waals surface area contributed by atoms with E-state index < -0.39 is 0 Å². The molecule has 0 radical (unpaired) electrons. The fourth-order valence-corrected chi connectivity index (χ4v) is 0.798. The van der Waals surface area contributed by atoms with Gasteiger partial charge in [0.1, 0.15) is 0 Å². The Morgan fingerprint density at radius 1 is 1.22 bits per heavy atom. The molecule has 0 aromatic heterocycles. The number of hydrogen-bond acceptors (Lipinski definition) is 1. The van der Waals surface area contributed by atoms with Crippen molar-refractivity contribution in [3.05, 3.63) is 0 Å². The number of aliphatic hydroxyl groups is 1. The Bertz CT molecular complexity index is 53.6. The van der Waals surface area contributed by atoms with Crippen molar-refractivity contribution in [3.8, 4) is 0 Å². The minimum Gasteiger partial charge on any atom is -0.393 e. The summed E-state index contributed by atoms with van der Waals surface area (Å²) in [6.07, 6.45) is 2.97. The van der Waals surface area contributed by atoms with Crippen LogP contribution in [-0.4, -0.2) is 11.2 Å². The van der Waals surface area contributed by atoms with Crippen LogP contribution in [0.5, 0.6) is 0 Å². The molecule has 0 aliphatic carbocycles. The Balaban J connectivity index is 3.22. The van der Waals surface area contributed by atoms with E-state index in [0.29, 0.717) is 5.92 Å². The molecule has 1 nitrogen and oxygen atoms in total. The average molecular weight is 130 g/mol. The summed E-state index contributed by atoms with van der Waals surface area (Å²) in [5, 5.41) is 9.16. The normalized spacial score (nSPS) is 17.3. The molecule has 0 saturated carbocycles. The van der Waals surface area contributed by atoms with Gasteiger partial charge in [-0.05, 0) is 18.8 Å². The quantitative estimate of drug-likeness (QED) is 0.618. The third-order valence-corrected chi connectivity index (χ3v) is 1.84. The van der Waals surface area contributed by atoms with E-state index in [1.807, 2.05) is 6.92 Å².